The van der Waals surface area contributed by atoms with Crippen molar-refractivity contribution in [3.05, 3.63) is 23.0 Å². The highest BCUT2D eigenvalue weighted by Gasteiger charge is 2.69. The summed E-state index contributed by atoms with van der Waals surface area (Å²) in [6, 6.07) is -0.0716. The molecular weight excluding hydrogens is 473 g/mol. The SMILES string of the molecule is CN(C)[C@@H]1C(=O)C(C(N)=O)C(=O)[C@@]2(O)C(=O)C3C(=O)c4c(O)c(NCC5CC5)cc(F)c4C[C@H]3C[C@@H]12. The first kappa shape index (κ1) is 24.5. The largest absolute Gasteiger partial charge is 0.505 e. The maximum absolute atomic E-state index is 15.2. The summed E-state index contributed by atoms with van der Waals surface area (Å²) >= 11 is 0. The van der Waals surface area contributed by atoms with Crippen LogP contribution in [0.4, 0.5) is 10.1 Å². The number of benzene rings is 1. The Morgan fingerprint density at radius 3 is 2.47 bits per heavy atom. The Hall–Kier alpha value is -3.18. The molecule has 4 aliphatic rings. The summed E-state index contributed by atoms with van der Waals surface area (Å²) in [5, 5.41) is 25.3. The number of fused-ring (bicyclic) bond motifs is 3. The zero-order valence-corrected chi connectivity index (χ0v) is 19.9. The highest BCUT2D eigenvalue weighted by Crippen LogP contribution is 2.51. The lowest BCUT2D eigenvalue weighted by Crippen LogP contribution is -2.74. The third-order valence-electron chi connectivity index (χ3n) is 8.29. The molecule has 11 heteroatoms. The van der Waals surface area contributed by atoms with Crippen LogP contribution in [0.1, 0.15) is 35.2 Å². The van der Waals surface area contributed by atoms with Crippen molar-refractivity contribution in [2.24, 2.45) is 35.3 Å². The predicted molar refractivity (Wildman–Crippen MR) is 123 cm³/mol. The minimum Gasteiger partial charge on any atom is -0.505 e. The fraction of sp³-hybridized carbons (Fsp3) is 0.560. The van der Waals surface area contributed by atoms with Gasteiger partial charge in [-0.25, -0.2) is 4.39 Å². The molecule has 0 bridgehead atoms. The third kappa shape index (κ3) is 3.32. The number of amides is 1. The van der Waals surface area contributed by atoms with Gasteiger partial charge < -0.3 is 21.3 Å². The Balaban J connectivity index is 1.59. The Kier molecular flexibility index (Phi) is 5.56. The molecule has 5 N–H and O–H groups in total. The van der Waals surface area contributed by atoms with Crippen molar-refractivity contribution in [3.8, 4) is 5.75 Å². The summed E-state index contributed by atoms with van der Waals surface area (Å²) in [5.74, 6) is -11.9. The topological polar surface area (TPSA) is 167 Å². The first-order chi connectivity index (χ1) is 16.9. The molecule has 0 saturated heterocycles. The number of rotatable bonds is 5. The summed E-state index contributed by atoms with van der Waals surface area (Å²) < 4.78 is 15.2. The summed E-state index contributed by atoms with van der Waals surface area (Å²) in [4.78, 5) is 67.0. The van der Waals surface area contributed by atoms with Gasteiger partial charge in [-0.1, -0.05) is 0 Å². The second kappa shape index (κ2) is 8.17. The standard InChI is InChI=1S/C25H28FN3O7/c1-29(2)18-12-6-10-5-11-13(26)7-14(28-8-9-3-4-9)19(30)16(11)20(31)15(10)22(33)25(12,36)23(34)17(21(18)32)24(27)35/h7,9-10,12,15,17-18,28,30,36H,3-6,8H2,1-2H3,(H2,27,35)/t10-,12-,15?,17?,18-,25-/m0/s1. The highest BCUT2D eigenvalue weighted by atomic mass is 19.1. The van der Waals surface area contributed by atoms with Crippen LogP contribution < -0.4 is 11.1 Å². The summed E-state index contributed by atoms with van der Waals surface area (Å²) in [6.07, 6.45) is 1.80. The number of phenolic OH excluding ortho intramolecular Hbond substituents is 1. The minimum atomic E-state index is -2.80. The van der Waals surface area contributed by atoms with Gasteiger partial charge in [0.1, 0.15) is 11.6 Å². The van der Waals surface area contributed by atoms with Crippen molar-refractivity contribution in [3.63, 3.8) is 0 Å². The molecule has 0 heterocycles. The van der Waals surface area contributed by atoms with E-state index < -0.39 is 75.9 Å². The zero-order chi connectivity index (χ0) is 26.3. The lowest BCUT2D eigenvalue weighted by atomic mass is 9.52. The number of nitrogens with one attached hydrogen (secondary N) is 1. The van der Waals surface area contributed by atoms with E-state index in [1.165, 1.54) is 19.0 Å². The number of anilines is 1. The van der Waals surface area contributed by atoms with E-state index in [0.29, 0.717) is 12.5 Å². The van der Waals surface area contributed by atoms with Crippen molar-refractivity contribution in [2.75, 3.05) is 26.0 Å². The molecule has 192 valence electrons. The number of aromatic hydroxyl groups is 1. The van der Waals surface area contributed by atoms with E-state index >= 15 is 4.39 Å². The quantitative estimate of drug-likeness (QED) is 0.316. The number of carbonyl (C=O) groups is 5. The van der Waals surface area contributed by atoms with Crippen LogP contribution in [0, 0.1) is 35.4 Å². The van der Waals surface area contributed by atoms with E-state index in [1.807, 2.05) is 0 Å². The number of aliphatic hydroxyl groups is 1. The number of phenols is 1. The van der Waals surface area contributed by atoms with E-state index in [-0.39, 0.29) is 29.7 Å². The molecule has 10 nitrogen and oxygen atoms in total. The summed E-state index contributed by atoms with van der Waals surface area (Å²) in [6.45, 7) is 0.495. The fourth-order valence-corrected chi connectivity index (χ4v) is 6.34. The number of nitrogens with zero attached hydrogens (tertiary/aromatic N) is 1. The monoisotopic (exact) mass is 501 g/mol. The molecule has 6 atom stereocenters. The van der Waals surface area contributed by atoms with Crippen molar-refractivity contribution < 1.29 is 38.6 Å². The number of halogens is 1. The average Bonchev–Trinajstić information content (AvgIpc) is 3.61. The second-order valence-electron chi connectivity index (χ2n) is 10.7. The van der Waals surface area contributed by atoms with Gasteiger partial charge in [0.15, 0.2) is 34.7 Å². The molecule has 0 spiro atoms. The molecule has 0 aliphatic heterocycles. The molecule has 36 heavy (non-hydrogen) atoms. The van der Waals surface area contributed by atoms with Gasteiger partial charge in [0, 0.05) is 24.1 Å². The maximum atomic E-state index is 15.2. The van der Waals surface area contributed by atoms with E-state index in [0.717, 1.165) is 18.9 Å². The normalized spacial score (nSPS) is 33.8. The number of Topliss-reactive ketones (excluding diaryl/α,β-unsaturated/α-hetero) is 4. The molecule has 1 aromatic carbocycles. The van der Waals surface area contributed by atoms with Crippen LogP contribution in [-0.2, 0) is 25.6 Å². The minimum absolute atomic E-state index is 0.0330. The Bertz CT molecular complexity index is 1230. The van der Waals surface area contributed by atoms with Crippen LogP contribution in [0.2, 0.25) is 0 Å². The van der Waals surface area contributed by atoms with Crippen LogP contribution in [0.15, 0.2) is 6.07 Å². The molecule has 2 unspecified atom stereocenters. The Morgan fingerprint density at radius 1 is 1.22 bits per heavy atom. The molecule has 5 rings (SSSR count). The molecular formula is C25H28FN3O7. The number of nitrogens with two attached hydrogens (primary N) is 1. The molecule has 0 aromatic heterocycles. The lowest BCUT2D eigenvalue weighted by Gasteiger charge is -2.52. The zero-order valence-electron chi connectivity index (χ0n) is 19.9. The van der Waals surface area contributed by atoms with Crippen molar-refractivity contribution in [2.45, 2.75) is 37.3 Å². The number of ketones is 4. The fourth-order valence-electron chi connectivity index (χ4n) is 6.34. The molecule has 3 saturated carbocycles. The van der Waals surface area contributed by atoms with E-state index in [1.54, 1.807) is 0 Å². The van der Waals surface area contributed by atoms with Crippen LogP contribution in [0.5, 0.6) is 5.75 Å². The maximum Gasteiger partial charge on any atom is 0.235 e. The third-order valence-corrected chi connectivity index (χ3v) is 8.29. The molecule has 4 aliphatic carbocycles. The van der Waals surface area contributed by atoms with Gasteiger partial charge in [0.25, 0.3) is 0 Å². The molecule has 1 aromatic rings. The van der Waals surface area contributed by atoms with Gasteiger partial charge in [0.2, 0.25) is 5.91 Å². The van der Waals surface area contributed by atoms with Crippen LogP contribution in [0.3, 0.4) is 0 Å². The number of carbonyl (C=O) groups excluding carboxylic acids is 5. The van der Waals surface area contributed by atoms with Crippen molar-refractivity contribution >= 4 is 34.7 Å². The van der Waals surface area contributed by atoms with Gasteiger partial charge in [-0.3, -0.25) is 28.9 Å². The van der Waals surface area contributed by atoms with Gasteiger partial charge >= 0.3 is 0 Å². The first-order valence-corrected chi connectivity index (χ1v) is 12.0. The summed E-state index contributed by atoms with van der Waals surface area (Å²) in [7, 11) is 3.01. The first-order valence-electron chi connectivity index (χ1n) is 12.0. The van der Waals surface area contributed by atoms with Crippen molar-refractivity contribution in [1.29, 1.82) is 0 Å². The van der Waals surface area contributed by atoms with Gasteiger partial charge in [-0.15, -0.1) is 0 Å². The number of likely N-dealkylation sites (N-methyl/N-ethyl adjacent to an activating group) is 1. The lowest BCUT2D eigenvalue weighted by molar-refractivity contribution is -0.181. The second-order valence-corrected chi connectivity index (χ2v) is 10.7. The average molecular weight is 502 g/mol. The number of hydrogen-bond acceptors (Lipinski definition) is 9. The highest BCUT2D eigenvalue weighted by molar-refractivity contribution is 6.32. The van der Waals surface area contributed by atoms with Crippen LogP contribution in [0.25, 0.3) is 0 Å². The van der Waals surface area contributed by atoms with E-state index in [4.69, 9.17) is 5.73 Å². The van der Waals surface area contributed by atoms with Crippen LogP contribution in [-0.4, -0.2) is 76.4 Å². The molecule has 3 fully saturated rings. The number of primary amides is 1. The predicted octanol–water partition coefficient (Wildman–Crippen LogP) is -0.172. The Morgan fingerprint density at radius 2 is 1.89 bits per heavy atom. The molecule has 1 amide bonds. The molecule has 0 radical (unpaired) electrons. The van der Waals surface area contributed by atoms with Crippen LogP contribution >= 0.6 is 0 Å². The Labute approximate surface area is 206 Å². The smallest absolute Gasteiger partial charge is 0.235 e. The summed E-state index contributed by atoms with van der Waals surface area (Å²) in [5.41, 5.74) is 2.14. The van der Waals surface area contributed by atoms with Gasteiger partial charge in [-0.2, -0.15) is 0 Å². The van der Waals surface area contributed by atoms with Gasteiger partial charge in [-0.05, 0) is 51.6 Å². The van der Waals surface area contributed by atoms with E-state index in [9.17, 15) is 34.2 Å². The van der Waals surface area contributed by atoms with Gasteiger partial charge in [0.05, 0.1) is 23.2 Å². The number of hydrogen-bond donors (Lipinski definition) is 4. The van der Waals surface area contributed by atoms with Crippen molar-refractivity contribution in [1.82, 2.24) is 4.90 Å². The van der Waals surface area contributed by atoms with E-state index in [2.05, 4.69) is 5.32 Å².